The molecule has 2 heteroatoms. The van der Waals surface area contributed by atoms with Gasteiger partial charge in [0.1, 0.15) is 0 Å². The van der Waals surface area contributed by atoms with E-state index in [1.807, 2.05) is 0 Å². The first kappa shape index (κ1) is 3.87. The van der Waals surface area contributed by atoms with Crippen LogP contribution in [0.15, 0.2) is 0 Å². The van der Waals surface area contributed by atoms with E-state index in [-0.39, 0.29) is 0 Å². The molecule has 0 aromatic carbocycles. The van der Waals surface area contributed by atoms with Crippen molar-refractivity contribution in [2.24, 2.45) is 0 Å². The smallest absolute Gasteiger partial charge is 0.0790 e. The first-order valence-corrected chi connectivity index (χ1v) is 2.89. The Morgan fingerprint density at radius 1 is 1.57 bits per heavy atom. The first-order valence-electron chi connectivity index (χ1n) is 2.89. The number of hydrogen-bond acceptors (Lipinski definition) is 2. The van der Waals surface area contributed by atoms with Crippen molar-refractivity contribution in [2.45, 2.75) is 19.4 Å². The zero-order chi connectivity index (χ0) is 4.85. The Morgan fingerprint density at radius 2 is 2.43 bits per heavy atom. The average molecular weight is 98.1 g/mol. The third kappa shape index (κ3) is 0.409. The number of nitrogens with zero attached hydrogens (tertiary/aromatic N) is 2. The molecule has 3 unspecified atom stereocenters. The molecule has 0 bridgehead atoms. The highest BCUT2D eigenvalue weighted by atomic mass is 15.8. The minimum Gasteiger partial charge on any atom is -0.225 e. The van der Waals surface area contributed by atoms with Crippen LogP contribution in [0.5, 0.6) is 0 Å². The highest BCUT2D eigenvalue weighted by Crippen LogP contribution is 2.28. The maximum absolute atomic E-state index is 2.40. The first-order chi connectivity index (χ1) is 3.38. The van der Waals surface area contributed by atoms with Gasteiger partial charge in [-0.1, -0.05) is 0 Å². The van der Waals surface area contributed by atoms with Crippen LogP contribution in [0, 0.1) is 0 Å². The van der Waals surface area contributed by atoms with E-state index in [1.165, 1.54) is 19.6 Å². The molecule has 0 radical (unpaired) electrons. The van der Waals surface area contributed by atoms with Gasteiger partial charge in [0.2, 0.25) is 0 Å². The second-order valence-corrected chi connectivity index (χ2v) is 2.45. The maximum Gasteiger partial charge on any atom is 0.0790 e. The Kier molecular flexibility index (Phi) is 0.557. The number of fused-ring (bicyclic) bond motifs is 1. The predicted molar refractivity (Wildman–Crippen MR) is 27.5 cm³/mol. The number of hydrogen-bond donors (Lipinski definition) is 0. The van der Waals surface area contributed by atoms with Crippen LogP contribution < -0.4 is 0 Å². The van der Waals surface area contributed by atoms with Crippen molar-refractivity contribution < 1.29 is 0 Å². The molecule has 0 saturated carbocycles. The monoisotopic (exact) mass is 98.1 g/mol. The van der Waals surface area contributed by atoms with Gasteiger partial charge in [0.05, 0.1) is 6.67 Å². The fourth-order valence-electron chi connectivity index (χ4n) is 1.24. The summed E-state index contributed by atoms with van der Waals surface area (Å²) in [6, 6.07) is 0.847. The molecule has 2 aliphatic heterocycles. The Bertz CT molecular complexity index is 92.1. The van der Waals surface area contributed by atoms with Crippen LogP contribution in [-0.4, -0.2) is 29.3 Å². The Labute approximate surface area is 43.7 Å². The van der Waals surface area contributed by atoms with Gasteiger partial charge >= 0.3 is 0 Å². The summed E-state index contributed by atoms with van der Waals surface area (Å²) < 4.78 is 0. The van der Waals surface area contributed by atoms with Crippen LogP contribution in [0.1, 0.15) is 13.3 Å². The van der Waals surface area contributed by atoms with Crippen molar-refractivity contribution in [3.8, 4) is 0 Å². The lowest BCUT2D eigenvalue weighted by Crippen LogP contribution is -2.08. The van der Waals surface area contributed by atoms with Crippen molar-refractivity contribution in [1.29, 1.82) is 0 Å². The van der Waals surface area contributed by atoms with Gasteiger partial charge in [-0.25, -0.2) is 10.0 Å². The van der Waals surface area contributed by atoms with Gasteiger partial charge < -0.3 is 0 Å². The van der Waals surface area contributed by atoms with Crippen LogP contribution in [0.2, 0.25) is 0 Å². The summed E-state index contributed by atoms with van der Waals surface area (Å²) in [6.45, 7) is 4.83. The Hall–Kier alpha value is -0.0800. The van der Waals surface area contributed by atoms with Crippen molar-refractivity contribution in [3.05, 3.63) is 0 Å². The fourth-order valence-corrected chi connectivity index (χ4v) is 1.24. The van der Waals surface area contributed by atoms with E-state index in [1.54, 1.807) is 0 Å². The van der Waals surface area contributed by atoms with Gasteiger partial charge in [0, 0.05) is 12.6 Å². The standard InChI is InChI=1S/C5H10N2/c1-5-2-3-6-4-7(5)6/h5H,2-4H2,1H3. The molecule has 0 spiro atoms. The lowest BCUT2D eigenvalue weighted by atomic mass is 10.2. The summed E-state index contributed by atoms with van der Waals surface area (Å²) in [4.78, 5) is 0. The maximum atomic E-state index is 2.40. The molecule has 40 valence electrons. The van der Waals surface area contributed by atoms with Crippen molar-refractivity contribution >= 4 is 0 Å². The van der Waals surface area contributed by atoms with Gasteiger partial charge in [-0.05, 0) is 13.3 Å². The molecule has 7 heavy (non-hydrogen) atoms. The molecule has 2 aliphatic rings. The second-order valence-electron chi connectivity index (χ2n) is 2.45. The molecule has 2 rings (SSSR count). The highest BCUT2D eigenvalue weighted by molar-refractivity contribution is 4.83. The van der Waals surface area contributed by atoms with Gasteiger partial charge in [0.25, 0.3) is 0 Å². The normalized spacial score (nSPS) is 57.0. The Balaban J connectivity index is 2.08. The zero-order valence-corrected chi connectivity index (χ0v) is 4.59. The van der Waals surface area contributed by atoms with Gasteiger partial charge in [-0.2, -0.15) is 0 Å². The van der Waals surface area contributed by atoms with Crippen LogP contribution >= 0.6 is 0 Å². The lowest BCUT2D eigenvalue weighted by Gasteiger charge is -1.98. The quantitative estimate of drug-likeness (QED) is 0.401. The van der Waals surface area contributed by atoms with E-state index in [4.69, 9.17) is 0 Å². The summed E-state index contributed by atoms with van der Waals surface area (Å²) >= 11 is 0. The molecular weight excluding hydrogens is 88.1 g/mol. The van der Waals surface area contributed by atoms with Crippen LogP contribution in [-0.2, 0) is 0 Å². The molecule has 2 saturated heterocycles. The van der Waals surface area contributed by atoms with Crippen LogP contribution in [0.4, 0.5) is 0 Å². The summed E-state index contributed by atoms with van der Waals surface area (Å²) in [6.07, 6.45) is 1.38. The van der Waals surface area contributed by atoms with E-state index < -0.39 is 0 Å². The minimum atomic E-state index is 0.847. The van der Waals surface area contributed by atoms with Crippen molar-refractivity contribution in [2.75, 3.05) is 13.2 Å². The molecule has 0 aromatic heterocycles. The molecular formula is C5H10N2. The predicted octanol–water partition coefficient (Wildman–Crippen LogP) is 0.269. The second kappa shape index (κ2) is 1.01. The Morgan fingerprint density at radius 3 is 2.57 bits per heavy atom. The molecule has 0 aromatic rings. The van der Waals surface area contributed by atoms with Crippen molar-refractivity contribution in [1.82, 2.24) is 10.0 Å². The molecule has 3 atom stereocenters. The van der Waals surface area contributed by atoms with E-state index in [0.29, 0.717) is 0 Å². The van der Waals surface area contributed by atoms with Crippen molar-refractivity contribution in [3.63, 3.8) is 0 Å². The van der Waals surface area contributed by atoms with E-state index in [0.717, 1.165) is 6.04 Å². The van der Waals surface area contributed by atoms with Gasteiger partial charge in [-0.3, -0.25) is 0 Å². The summed E-state index contributed by atoms with van der Waals surface area (Å²) in [5.74, 6) is 0. The minimum absolute atomic E-state index is 0.847. The molecule has 0 amide bonds. The summed E-state index contributed by atoms with van der Waals surface area (Å²) in [7, 11) is 0. The lowest BCUT2D eigenvalue weighted by molar-refractivity contribution is 0.354. The zero-order valence-electron chi connectivity index (χ0n) is 4.59. The number of hydrazine groups is 1. The van der Waals surface area contributed by atoms with Crippen LogP contribution in [0.25, 0.3) is 0 Å². The van der Waals surface area contributed by atoms with E-state index >= 15 is 0 Å². The van der Waals surface area contributed by atoms with E-state index in [9.17, 15) is 0 Å². The third-order valence-electron chi connectivity index (χ3n) is 1.90. The largest absolute Gasteiger partial charge is 0.225 e. The molecule has 2 heterocycles. The highest BCUT2D eigenvalue weighted by Gasteiger charge is 2.40. The van der Waals surface area contributed by atoms with Crippen LogP contribution in [0.3, 0.4) is 0 Å². The molecule has 0 aliphatic carbocycles. The molecule has 2 fully saturated rings. The van der Waals surface area contributed by atoms with Gasteiger partial charge in [0.15, 0.2) is 0 Å². The van der Waals surface area contributed by atoms with Gasteiger partial charge in [-0.15, -0.1) is 0 Å². The summed E-state index contributed by atoms with van der Waals surface area (Å²) in [5.41, 5.74) is 0. The molecule has 2 nitrogen and oxygen atoms in total. The topological polar surface area (TPSA) is 6.02 Å². The number of rotatable bonds is 0. The third-order valence-corrected chi connectivity index (χ3v) is 1.90. The van der Waals surface area contributed by atoms with E-state index in [2.05, 4.69) is 16.9 Å². The SMILES string of the molecule is CC1CCN2CN12. The molecule has 0 N–H and O–H groups in total. The fraction of sp³-hybridized carbons (Fsp3) is 1.00. The summed E-state index contributed by atoms with van der Waals surface area (Å²) in [5, 5.41) is 4.78. The average Bonchev–Trinajstić information content (AvgIpc) is 2.33.